The summed E-state index contributed by atoms with van der Waals surface area (Å²) in [5.41, 5.74) is 1.31. The van der Waals surface area contributed by atoms with Gasteiger partial charge in [0.2, 0.25) is 0 Å². The third-order valence-corrected chi connectivity index (χ3v) is 2.42. The van der Waals surface area contributed by atoms with Gasteiger partial charge < -0.3 is 30.9 Å². The van der Waals surface area contributed by atoms with Gasteiger partial charge in [-0.2, -0.15) is 5.92 Å². The van der Waals surface area contributed by atoms with Crippen LogP contribution in [-0.4, -0.2) is 23.1 Å². The summed E-state index contributed by atoms with van der Waals surface area (Å²) in [7, 11) is 0. The molecule has 0 saturated carbocycles. The summed E-state index contributed by atoms with van der Waals surface area (Å²) in [6.45, 7) is 16.1. The summed E-state index contributed by atoms with van der Waals surface area (Å²) in [6, 6.07) is 0. The Balaban J connectivity index is -0.000000720. The molecule has 0 radical (unpaired) electrons. The maximum atomic E-state index is 4.03. The fraction of sp³-hybridized carbons (Fsp3) is 0.615. The summed E-state index contributed by atoms with van der Waals surface area (Å²) in [5, 5.41) is 0. The van der Waals surface area contributed by atoms with Crippen molar-refractivity contribution in [1.29, 1.82) is 0 Å². The summed E-state index contributed by atoms with van der Waals surface area (Å²) in [5.74, 6) is 1.23. The zero-order valence-electron chi connectivity index (χ0n) is 10.3. The molecular weight excluding hydrogens is 307 g/mol. The SMILES string of the molecule is C=CCCC(CCC([CH2-])C)C(=C)C.[I-].[Mg+2]. The quantitative estimate of drug-likeness (QED) is 0.283. The normalized spacial score (nSPS) is 13.0. The van der Waals surface area contributed by atoms with Gasteiger partial charge in [0.25, 0.3) is 0 Å². The van der Waals surface area contributed by atoms with E-state index in [1.165, 1.54) is 24.8 Å². The first-order valence-corrected chi connectivity index (χ1v) is 5.17. The minimum absolute atomic E-state index is 0. The molecule has 0 rings (SSSR count). The Kier molecular flexibility index (Phi) is 18.5. The van der Waals surface area contributed by atoms with Crippen LogP contribution in [0.3, 0.4) is 0 Å². The molecule has 2 heteroatoms. The topological polar surface area (TPSA) is 0 Å². The molecule has 84 valence electrons. The van der Waals surface area contributed by atoms with Crippen molar-refractivity contribution >= 4 is 23.1 Å². The van der Waals surface area contributed by atoms with E-state index in [0.717, 1.165) is 6.42 Å². The van der Waals surface area contributed by atoms with Crippen LogP contribution in [-0.2, 0) is 0 Å². The minimum atomic E-state index is 0. The maximum absolute atomic E-state index is 4.03. The van der Waals surface area contributed by atoms with Crippen molar-refractivity contribution in [2.24, 2.45) is 11.8 Å². The van der Waals surface area contributed by atoms with Crippen LogP contribution in [0.25, 0.3) is 0 Å². The van der Waals surface area contributed by atoms with Gasteiger partial charge in [-0.3, -0.25) is 0 Å². The molecule has 2 unspecified atom stereocenters. The van der Waals surface area contributed by atoms with Crippen LogP contribution in [0.5, 0.6) is 0 Å². The molecule has 0 aromatic rings. The van der Waals surface area contributed by atoms with Gasteiger partial charge in [0.1, 0.15) is 0 Å². The molecule has 15 heavy (non-hydrogen) atoms. The Morgan fingerprint density at radius 3 is 2.20 bits per heavy atom. The second-order valence-corrected chi connectivity index (χ2v) is 4.09. The van der Waals surface area contributed by atoms with Crippen LogP contribution in [0, 0.1) is 18.8 Å². The van der Waals surface area contributed by atoms with Gasteiger partial charge in [0, 0.05) is 0 Å². The zero-order chi connectivity index (χ0) is 10.3. The Morgan fingerprint density at radius 2 is 1.87 bits per heavy atom. The second-order valence-electron chi connectivity index (χ2n) is 4.09. The van der Waals surface area contributed by atoms with Crippen molar-refractivity contribution in [3.8, 4) is 0 Å². The fourth-order valence-electron chi connectivity index (χ4n) is 1.44. The Labute approximate surface area is 129 Å². The van der Waals surface area contributed by atoms with E-state index in [0.29, 0.717) is 11.8 Å². The number of rotatable bonds is 7. The smallest absolute Gasteiger partial charge is 1.00 e. The van der Waals surface area contributed by atoms with Crippen LogP contribution in [0.4, 0.5) is 0 Å². The number of halogens is 1. The average molecular weight is 331 g/mol. The average Bonchev–Trinajstić information content (AvgIpc) is 2.03. The molecule has 0 fully saturated rings. The van der Waals surface area contributed by atoms with Gasteiger partial charge in [-0.25, -0.2) is 0 Å². The first-order chi connectivity index (χ1) is 6.07. The van der Waals surface area contributed by atoms with Gasteiger partial charge in [-0.05, 0) is 32.1 Å². The number of allylic oxidation sites excluding steroid dienone is 2. The van der Waals surface area contributed by atoms with Crippen molar-refractivity contribution in [3.63, 3.8) is 0 Å². The molecule has 0 spiro atoms. The Bertz CT molecular complexity index is 164. The largest absolute Gasteiger partial charge is 2.00 e. The molecule has 2 atom stereocenters. The van der Waals surface area contributed by atoms with E-state index >= 15 is 0 Å². The van der Waals surface area contributed by atoms with Gasteiger partial charge in [0.05, 0.1) is 0 Å². The van der Waals surface area contributed by atoms with Crippen molar-refractivity contribution in [2.45, 2.75) is 39.5 Å². The van der Waals surface area contributed by atoms with E-state index in [4.69, 9.17) is 0 Å². The van der Waals surface area contributed by atoms with E-state index in [1.54, 1.807) is 0 Å². The summed E-state index contributed by atoms with van der Waals surface area (Å²) in [4.78, 5) is 0. The first-order valence-electron chi connectivity index (χ1n) is 5.17. The predicted octanol–water partition coefficient (Wildman–Crippen LogP) is 1.02. The Hall–Kier alpha value is 0.976. The summed E-state index contributed by atoms with van der Waals surface area (Å²) >= 11 is 0. The standard InChI is InChI=1S/C13H23.HI.Mg/c1-6-7-8-13(12(4)5)10-9-11(2)3;;/h6,11,13H,1-2,4,7-10H2,3,5H3;1H;/q-1;;+2/p-1. The molecule has 0 aromatic carbocycles. The summed E-state index contributed by atoms with van der Waals surface area (Å²) < 4.78 is 0. The van der Waals surface area contributed by atoms with E-state index in [2.05, 4.69) is 33.9 Å². The second kappa shape index (κ2) is 13.0. The van der Waals surface area contributed by atoms with Gasteiger partial charge in [-0.15, -0.1) is 6.58 Å². The van der Waals surface area contributed by atoms with Crippen molar-refractivity contribution in [1.82, 2.24) is 0 Å². The van der Waals surface area contributed by atoms with Crippen molar-refractivity contribution in [2.75, 3.05) is 0 Å². The third-order valence-electron chi connectivity index (χ3n) is 2.42. The maximum Gasteiger partial charge on any atom is 2.00 e. The number of hydrogen-bond donors (Lipinski definition) is 0. The molecule has 0 N–H and O–H groups in total. The first kappa shape index (κ1) is 21.3. The molecule has 0 aliphatic rings. The molecule has 0 amide bonds. The van der Waals surface area contributed by atoms with Gasteiger partial charge in [0.15, 0.2) is 0 Å². The molecule has 0 aliphatic carbocycles. The Morgan fingerprint density at radius 1 is 1.33 bits per heavy atom. The van der Waals surface area contributed by atoms with E-state index in [1.807, 2.05) is 6.08 Å². The zero-order valence-corrected chi connectivity index (χ0v) is 13.8. The van der Waals surface area contributed by atoms with Crippen LogP contribution in [0.15, 0.2) is 24.8 Å². The third kappa shape index (κ3) is 12.9. The molecule has 0 aliphatic heterocycles. The van der Waals surface area contributed by atoms with Crippen LogP contribution < -0.4 is 24.0 Å². The molecule has 0 nitrogen and oxygen atoms in total. The minimum Gasteiger partial charge on any atom is -1.00 e. The van der Waals surface area contributed by atoms with Gasteiger partial charge >= 0.3 is 23.1 Å². The monoisotopic (exact) mass is 330 g/mol. The van der Waals surface area contributed by atoms with Crippen LogP contribution >= 0.6 is 0 Å². The molecule has 0 aromatic heterocycles. The van der Waals surface area contributed by atoms with Crippen molar-refractivity contribution in [3.05, 3.63) is 31.7 Å². The number of hydrogen-bond acceptors (Lipinski definition) is 0. The van der Waals surface area contributed by atoms with E-state index in [9.17, 15) is 0 Å². The fourth-order valence-corrected chi connectivity index (χ4v) is 1.44. The molecule has 0 saturated heterocycles. The molecular formula is C13H23IMg. The van der Waals surface area contributed by atoms with E-state index < -0.39 is 0 Å². The molecule has 0 bridgehead atoms. The summed E-state index contributed by atoms with van der Waals surface area (Å²) in [6.07, 6.45) is 6.72. The van der Waals surface area contributed by atoms with Gasteiger partial charge in [-0.1, -0.05) is 31.6 Å². The van der Waals surface area contributed by atoms with Crippen molar-refractivity contribution < 1.29 is 24.0 Å². The van der Waals surface area contributed by atoms with E-state index in [-0.39, 0.29) is 47.0 Å². The molecule has 0 heterocycles. The van der Waals surface area contributed by atoms with Crippen LogP contribution in [0.2, 0.25) is 0 Å². The van der Waals surface area contributed by atoms with Crippen LogP contribution in [0.1, 0.15) is 39.5 Å². The predicted molar refractivity (Wildman–Crippen MR) is 67.2 cm³/mol.